The first-order valence-corrected chi connectivity index (χ1v) is 11.6. The quantitative estimate of drug-likeness (QED) is 0.379. The number of nitrogens with one attached hydrogen (secondary N) is 1. The summed E-state index contributed by atoms with van der Waals surface area (Å²) in [6, 6.07) is 6.45. The molecule has 1 amide bonds. The normalized spacial score (nSPS) is 11.1. The second kappa shape index (κ2) is 10.3. The van der Waals surface area contributed by atoms with Crippen LogP contribution in [0.5, 0.6) is 0 Å². The van der Waals surface area contributed by atoms with Gasteiger partial charge in [-0.15, -0.1) is 0 Å². The molecule has 0 aliphatic heterocycles. The molecule has 4 aromatic heterocycles. The standard InChI is InChI=1S/C26H30N6O/c1-4-6-7-8-21-22(17-30-26(33)23-16-27-11-12-29-23)31-32-20(5-2)9-10-24(32)25(21)19-13-18(3)14-28-15-19/h9-16H,4-8,17H2,1-3H3,(H,30,33). The largest absolute Gasteiger partial charge is 0.345 e. The van der Waals surface area contributed by atoms with Gasteiger partial charge in [0.25, 0.3) is 5.91 Å². The van der Waals surface area contributed by atoms with E-state index in [1.807, 2.05) is 16.9 Å². The van der Waals surface area contributed by atoms with Crippen LogP contribution in [0.1, 0.15) is 66.1 Å². The maximum Gasteiger partial charge on any atom is 0.271 e. The molecule has 0 fully saturated rings. The summed E-state index contributed by atoms with van der Waals surface area (Å²) in [5.41, 5.74) is 7.90. The molecule has 7 heteroatoms. The van der Waals surface area contributed by atoms with Crippen LogP contribution in [-0.4, -0.2) is 30.5 Å². The molecule has 0 bridgehead atoms. The molecule has 0 aromatic carbocycles. The van der Waals surface area contributed by atoms with Gasteiger partial charge in [0.15, 0.2) is 0 Å². The molecule has 0 aliphatic carbocycles. The second-order valence-electron chi connectivity index (χ2n) is 8.26. The van der Waals surface area contributed by atoms with Crippen molar-refractivity contribution in [1.29, 1.82) is 0 Å². The van der Waals surface area contributed by atoms with Crippen molar-refractivity contribution in [2.24, 2.45) is 0 Å². The molecule has 0 radical (unpaired) electrons. The van der Waals surface area contributed by atoms with Crippen molar-refractivity contribution in [2.45, 2.75) is 59.4 Å². The fourth-order valence-electron chi connectivity index (χ4n) is 4.17. The molecule has 170 valence electrons. The smallest absolute Gasteiger partial charge is 0.271 e. The summed E-state index contributed by atoms with van der Waals surface area (Å²) in [4.78, 5) is 25.2. The van der Waals surface area contributed by atoms with Crippen molar-refractivity contribution in [3.8, 4) is 11.1 Å². The number of carbonyl (C=O) groups excluding carboxylic acids is 1. The average Bonchev–Trinajstić information content (AvgIpc) is 3.25. The number of pyridine rings is 1. The Morgan fingerprint density at radius 1 is 1.06 bits per heavy atom. The number of hydrogen-bond acceptors (Lipinski definition) is 5. The average molecular weight is 443 g/mol. The van der Waals surface area contributed by atoms with E-state index < -0.39 is 0 Å². The highest BCUT2D eigenvalue weighted by molar-refractivity contribution is 5.92. The lowest BCUT2D eigenvalue weighted by Gasteiger charge is -2.18. The third-order valence-corrected chi connectivity index (χ3v) is 5.83. The molecule has 0 aliphatic rings. The van der Waals surface area contributed by atoms with Crippen molar-refractivity contribution >= 4 is 11.4 Å². The number of carbonyl (C=O) groups is 1. The Bertz CT molecular complexity index is 1250. The lowest BCUT2D eigenvalue weighted by Crippen LogP contribution is -2.26. The number of aromatic nitrogens is 5. The summed E-state index contributed by atoms with van der Waals surface area (Å²) >= 11 is 0. The van der Waals surface area contributed by atoms with Gasteiger partial charge in [0.1, 0.15) is 5.69 Å². The van der Waals surface area contributed by atoms with Crippen LogP contribution in [-0.2, 0) is 19.4 Å². The highest BCUT2D eigenvalue weighted by Crippen LogP contribution is 2.33. The summed E-state index contributed by atoms with van der Waals surface area (Å²) in [7, 11) is 0. The van der Waals surface area contributed by atoms with Crippen molar-refractivity contribution < 1.29 is 4.79 Å². The Balaban J connectivity index is 1.82. The van der Waals surface area contributed by atoms with Gasteiger partial charge in [-0.25, -0.2) is 9.50 Å². The fourth-order valence-corrected chi connectivity index (χ4v) is 4.17. The van der Waals surface area contributed by atoms with Crippen molar-refractivity contribution in [1.82, 2.24) is 29.9 Å². The van der Waals surface area contributed by atoms with Gasteiger partial charge in [0.05, 0.1) is 24.0 Å². The monoisotopic (exact) mass is 442 g/mol. The van der Waals surface area contributed by atoms with Crippen molar-refractivity contribution in [3.05, 3.63) is 77.4 Å². The minimum absolute atomic E-state index is 0.258. The Hall–Kier alpha value is -3.61. The van der Waals surface area contributed by atoms with Crippen LogP contribution in [0.4, 0.5) is 0 Å². The van der Waals surface area contributed by atoms with Crippen LogP contribution < -0.4 is 5.32 Å². The van der Waals surface area contributed by atoms with E-state index >= 15 is 0 Å². The van der Waals surface area contributed by atoms with E-state index in [-0.39, 0.29) is 5.91 Å². The van der Waals surface area contributed by atoms with E-state index in [4.69, 9.17) is 5.10 Å². The van der Waals surface area contributed by atoms with E-state index in [9.17, 15) is 4.79 Å². The molecule has 0 spiro atoms. The van der Waals surface area contributed by atoms with Gasteiger partial charge >= 0.3 is 0 Å². The fraction of sp³-hybridized carbons (Fsp3) is 0.346. The molecule has 0 saturated carbocycles. The molecular formula is C26H30N6O. The van der Waals surface area contributed by atoms with Crippen LogP contribution in [0.3, 0.4) is 0 Å². The number of rotatable bonds is 9. The van der Waals surface area contributed by atoms with Gasteiger partial charge in [-0.2, -0.15) is 5.10 Å². The number of unbranched alkanes of at least 4 members (excludes halogenated alkanes) is 2. The lowest BCUT2D eigenvalue weighted by molar-refractivity contribution is 0.0945. The Morgan fingerprint density at radius 3 is 2.67 bits per heavy atom. The minimum Gasteiger partial charge on any atom is -0.345 e. The number of fused-ring (bicyclic) bond motifs is 1. The Kier molecular flexibility index (Phi) is 7.07. The van der Waals surface area contributed by atoms with Gasteiger partial charge in [-0.3, -0.25) is 14.8 Å². The molecular weight excluding hydrogens is 412 g/mol. The number of aryl methyl sites for hydroxylation is 2. The van der Waals surface area contributed by atoms with E-state index in [2.05, 4.69) is 59.2 Å². The SMILES string of the molecule is CCCCCc1c(CNC(=O)c2cnccn2)nn2c(CC)ccc2c1-c1cncc(C)c1. The van der Waals surface area contributed by atoms with E-state index in [1.54, 1.807) is 6.20 Å². The van der Waals surface area contributed by atoms with E-state index in [1.165, 1.54) is 18.0 Å². The number of amides is 1. The highest BCUT2D eigenvalue weighted by atomic mass is 16.1. The molecule has 7 nitrogen and oxygen atoms in total. The molecule has 0 saturated heterocycles. The molecule has 0 unspecified atom stereocenters. The van der Waals surface area contributed by atoms with Gasteiger partial charge in [-0.1, -0.05) is 26.7 Å². The first-order chi connectivity index (χ1) is 16.1. The zero-order chi connectivity index (χ0) is 23.2. The van der Waals surface area contributed by atoms with Crippen LogP contribution in [0.25, 0.3) is 16.6 Å². The van der Waals surface area contributed by atoms with Crippen LogP contribution in [0, 0.1) is 6.92 Å². The van der Waals surface area contributed by atoms with E-state index in [0.717, 1.165) is 65.7 Å². The summed E-state index contributed by atoms with van der Waals surface area (Å²) in [5.74, 6) is -0.258. The number of nitrogens with zero attached hydrogens (tertiary/aromatic N) is 5. The summed E-state index contributed by atoms with van der Waals surface area (Å²) in [5, 5.41) is 8.00. The van der Waals surface area contributed by atoms with Crippen LogP contribution >= 0.6 is 0 Å². The summed E-state index contributed by atoms with van der Waals surface area (Å²) < 4.78 is 2.02. The first-order valence-electron chi connectivity index (χ1n) is 11.6. The zero-order valence-electron chi connectivity index (χ0n) is 19.5. The van der Waals surface area contributed by atoms with Crippen LogP contribution in [0.15, 0.2) is 49.2 Å². The molecule has 4 aromatic rings. The molecule has 0 atom stereocenters. The van der Waals surface area contributed by atoms with Gasteiger partial charge < -0.3 is 5.32 Å². The van der Waals surface area contributed by atoms with Gasteiger partial charge in [0.2, 0.25) is 0 Å². The predicted molar refractivity (Wildman–Crippen MR) is 129 cm³/mol. The number of hydrogen-bond donors (Lipinski definition) is 1. The van der Waals surface area contributed by atoms with Crippen molar-refractivity contribution in [2.75, 3.05) is 0 Å². The lowest BCUT2D eigenvalue weighted by atomic mass is 9.94. The minimum atomic E-state index is -0.258. The molecule has 33 heavy (non-hydrogen) atoms. The summed E-state index contributed by atoms with van der Waals surface area (Å²) in [6.07, 6.45) is 13.4. The molecule has 4 rings (SSSR count). The topological polar surface area (TPSA) is 85.1 Å². The summed E-state index contributed by atoms with van der Waals surface area (Å²) in [6.45, 7) is 6.71. The van der Waals surface area contributed by atoms with Crippen molar-refractivity contribution in [3.63, 3.8) is 0 Å². The second-order valence-corrected chi connectivity index (χ2v) is 8.26. The Morgan fingerprint density at radius 2 is 1.94 bits per heavy atom. The highest BCUT2D eigenvalue weighted by Gasteiger charge is 2.20. The maximum atomic E-state index is 12.7. The van der Waals surface area contributed by atoms with Gasteiger partial charge in [0, 0.05) is 41.6 Å². The maximum absolute atomic E-state index is 12.7. The molecule has 4 heterocycles. The van der Waals surface area contributed by atoms with Gasteiger partial charge in [-0.05, 0) is 55.5 Å². The predicted octanol–water partition coefficient (Wildman–Crippen LogP) is 4.72. The first kappa shape index (κ1) is 22.6. The zero-order valence-corrected chi connectivity index (χ0v) is 19.5. The Labute approximate surface area is 194 Å². The molecule has 1 N–H and O–H groups in total. The third-order valence-electron chi connectivity index (χ3n) is 5.83. The third kappa shape index (κ3) is 4.92. The van der Waals surface area contributed by atoms with Crippen LogP contribution in [0.2, 0.25) is 0 Å². The van der Waals surface area contributed by atoms with E-state index in [0.29, 0.717) is 12.2 Å².